The molecule has 0 bridgehead atoms. The van der Waals surface area contributed by atoms with Gasteiger partial charge in [-0.05, 0) is 52.9 Å². The van der Waals surface area contributed by atoms with Crippen LogP contribution in [0.2, 0.25) is 0 Å². The number of ether oxygens (including phenoxy) is 5. The number of piperazine rings is 1. The standard InChI is InChI=1S/C35H55N3O9/c1-23(2)9-11-28-34(5,47-28)31-30(43-6)27(13-14-35(31)22-45-35)46-33(42)37-18-16-36(17-19-37)20-21-44-32(41)25-8-7-15-38(25)29(40)12-10-26(39)24(3)4/h9,24-25,27-28,30-31H,7-8,10-22H2,1-6H3/t25?,27-,28-,30-,31-,34+,35+/m1/s1. The van der Waals surface area contributed by atoms with E-state index in [-0.39, 0.29) is 84.6 Å². The number of amides is 2. The summed E-state index contributed by atoms with van der Waals surface area (Å²) in [4.78, 5) is 56.3. The number of ketones is 1. The van der Waals surface area contributed by atoms with Gasteiger partial charge in [-0.2, -0.15) is 0 Å². The molecule has 12 heteroatoms. The summed E-state index contributed by atoms with van der Waals surface area (Å²) in [5, 5.41) is 0. The highest BCUT2D eigenvalue weighted by Crippen LogP contribution is 2.59. The van der Waals surface area contributed by atoms with Crippen molar-refractivity contribution >= 4 is 23.8 Å². The fourth-order valence-electron chi connectivity index (χ4n) is 7.77. The van der Waals surface area contributed by atoms with E-state index in [9.17, 15) is 19.2 Å². The van der Waals surface area contributed by atoms with Crippen LogP contribution in [0.25, 0.3) is 0 Å². The number of carbonyl (C=O) groups excluding carboxylic acids is 4. The molecule has 5 aliphatic rings. The van der Waals surface area contributed by atoms with Crippen LogP contribution in [0.15, 0.2) is 11.6 Å². The lowest BCUT2D eigenvalue weighted by Crippen LogP contribution is -2.57. The molecule has 1 aliphatic carbocycles. The lowest BCUT2D eigenvalue weighted by molar-refractivity contribution is -0.154. The second kappa shape index (κ2) is 14.9. The molecule has 1 saturated carbocycles. The Morgan fingerprint density at radius 2 is 1.74 bits per heavy atom. The van der Waals surface area contributed by atoms with Crippen LogP contribution in [0, 0.1) is 11.8 Å². The van der Waals surface area contributed by atoms with Crippen LogP contribution in [-0.4, -0.2) is 134 Å². The molecule has 1 spiro atoms. The van der Waals surface area contributed by atoms with Crippen LogP contribution in [0.5, 0.6) is 0 Å². The molecule has 4 aliphatic heterocycles. The normalized spacial score (nSPS) is 33.6. The van der Waals surface area contributed by atoms with Gasteiger partial charge in [-0.25, -0.2) is 9.59 Å². The van der Waals surface area contributed by atoms with Gasteiger partial charge in [0.1, 0.15) is 41.8 Å². The number of hydrogen-bond donors (Lipinski definition) is 0. The van der Waals surface area contributed by atoms with Gasteiger partial charge < -0.3 is 33.5 Å². The number of allylic oxidation sites excluding steroid dienone is 1. The molecule has 4 saturated heterocycles. The van der Waals surface area contributed by atoms with E-state index in [0.717, 1.165) is 19.3 Å². The van der Waals surface area contributed by atoms with Crippen molar-refractivity contribution in [3.05, 3.63) is 11.6 Å². The number of nitrogens with zero attached hydrogens (tertiary/aromatic N) is 3. The Hall–Kier alpha value is -2.54. The van der Waals surface area contributed by atoms with Crippen molar-refractivity contribution in [3.8, 4) is 0 Å². The molecule has 0 aromatic carbocycles. The van der Waals surface area contributed by atoms with Crippen molar-refractivity contribution in [2.75, 3.05) is 59.6 Å². The summed E-state index contributed by atoms with van der Waals surface area (Å²) < 4.78 is 30.0. The second-order valence-corrected chi connectivity index (χ2v) is 14.7. The third kappa shape index (κ3) is 8.20. The zero-order chi connectivity index (χ0) is 33.9. The molecule has 264 valence electrons. The van der Waals surface area contributed by atoms with Crippen LogP contribution in [-0.2, 0) is 38.1 Å². The first-order valence-electron chi connectivity index (χ1n) is 17.5. The molecule has 5 fully saturated rings. The van der Waals surface area contributed by atoms with E-state index in [1.165, 1.54) is 5.57 Å². The number of rotatable bonds is 13. The highest BCUT2D eigenvalue weighted by atomic mass is 16.6. The summed E-state index contributed by atoms with van der Waals surface area (Å²) in [5.41, 5.74) is 0.604. The van der Waals surface area contributed by atoms with Gasteiger partial charge in [0, 0.05) is 65.1 Å². The summed E-state index contributed by atoms with van der Waals surface area (Å²) in [5.74, 6) is -0.634. The minimum absolute atomic E-state index is 0.0230. The van der Waals surface area contributed by atoms with Crippen LogP contribution in [0.4, 0.5) is 4.79 Å². The lowest BCUT2D eigenvalue weighted by Gasteiger charge is -2.43. The van der Waals surface area contributed by atoms with E-state index < -0.39 is 6.04 Å². The molecule has 0 N–H and O–H groups in total. The Morgan fingerprint density at radius 3 is 2.38 bits per heavy atom. The van der Waals surface area contributed by atoms with Crippen molar-refractivity contribution in [2.24, 2.45) is 11.8 Å². The van der Waals surface area contributed by atoms with Gasteiger partial charge >= 0.3 is 12.1 Å². The molecule has 47 heavy (non-hydrogen) atoms. The number of Topliss-reactive ketones (excluding diaryl/α,β-unsaturated/α-hetero) is 1. The zero-order valence-electron chi connectivity index (χ0n) is 29.2. The molecule has 1 unspecified atom stereocenters. The summed E-state index contributed by atoms with van der Waals surface area (Å²) in [6.45, 7) is 14.2. The van der Waals surface area contributed by atoms with E-state index in [1.807, 2.05) is 13.8 Å². The first kappa shape index (κ1) is 35.8. The maximum absolute atomic E-state index is 13.3. The van der Waals surface area contributed by atoms with Crippen molar-refractivity contribution in [3.63, 3.8) is 0 Å². The SMILES string of the molecule is CO[C@@H]1[C@H](OC(=O)N2CCN(CCOC(=O)C3CCCN3C(=O)CCC(=O)C(C)C)CC2)CC[C@]2(CO2)[C@H]1[C@@]1(C)O[C@@H]1CC=C(C)C. The Bertz CT molecular complexity index is 1190. The van der Waals surface area contributed by atoms with Crippen LogP contribution in [0.3, 0.4) is 0 Å². The second-order valence-electron chi connectivity index (χ2n) is 14.7. The van der Waals surface area contributed by atoms with E-state index in [4.69, 9.17) is 23.7 Å². The average Bonchev–Trinajstić information content (AvgIpc) is 3.89. The molecule has 2 amide bonds. The van der Waals surface area contributed by atoms with Gasteiger partial charge in [-0.15, -0.1) is 0 Å². The first-order chi connectivity index (χ1) is 22.4. The molecule has 12 nitrogen and oxygen atoms in total. The highest BCUT2D eigenvalue weighted by molar-refractivity contribution is 5.89. The third-order valence-electron chi connectivity index (χ3n) is 10.8. The molecule has 0 aromatic heterocycles. The number of esters is 1. The maximum atomic E-state index is 13.3. The smallest absolute Gasteiger partial charge is 0.410 e. The predicted octanol–water partition coefficient (Wildman–Crippen LogP) is 3.36. The summed E-state index contributed by atoms with van der Waals surface area (Å²) >= 11 is 0. The van der Waals surface area contributed by atoms with Gasteiger partial charge in [0.05, 0.1) is 18.6 Å². The van der Waals surface area contributed by atoms with Gasteiger partial charge in [0.15, 0.2) is 0 Å². The van der Waals surface area contributed by atoms with Crippen LogP contribution in [0.1, 0.15) is 79.6 Å². The fraction of sp³-hybridized carbons (Fsp3) is 0.829. The topological polar surface area (TPSA) is 131 Å². The minimum atomic E-state index is -0.586. The highest BCUT2D eigenvalue weighted by Gasteiger charge is 2.72. The third-order valence-corrected chi connectivity index (χ3v) is 10.8. The quantitative estimate of drug-likeness (QED) is 0.165. The van der Waals surface area contributed by atoms with Gasteiger partial charge in [0.2, 0.25) is 5.91 Å². The van der Waals surface area contributed by atoms with Crippen molar-refractivity contribution in [1.29, 1.82) is 0 Å². The monoisotopic (exact) mass is 661 g/mol. The van der Waals surface area contributed by atoms with Gasteiger partial charge in [0.25, 0.3) is 0 Å². The average molecular weight is 662 g/mol. The molecule has 5 rings (SSSR count). The van der Waals surface area contributed by atoms with E-state index in [2.05, 4.69) is 31.7 Å². The minimum Gasteiger partial charge on any atom is -0.463 e. The zero-order valence-corrected chi connectivity index (χ0v) is 29.2. The van der Waals surface area contributed by atoms with Crippen molar-refractivity contribution < 1.29 is 42.9 Å². The van der Waals surface area contributed by atoms with Crippen molar-refractivity contribution in [2.45, 2.75) is 115 Å². The van der Waals surface area contributed by atoms with E-state index >= 15 is 0 Å². The summed E-state index contributed by atoms with van der Waals surface area (Å²) in [7, 11) is 1.68. The van der Waals surface area contributed by atoms with Crippen LogP contribution < -0.4 is 0 Å². The lowest BCUT2D eigenvalue weighted by atomic mass is 9.68. The van der Waals surface area contributed by atoms with Crippen molar-refractivity contribution in [1.82, 2.24) is 14.7 Å². The maximum Gasteiger partial charge on any atom is 0.410 e. The van der Waals surface area contributed by atoms with Gasteiger partial charge in [-0.1, -0.05) is 25.5 Å². The molecular formula is C35H55N3O9. The molecule has 0 radical (unpaired) electrons. The van der Waals surface area contributed by atoms with Crippen LogP contribution >= 0.6 is 0 Å². The fourth-order valence-corrected chi connectivity index (χ4v) is 7.77. The Balaban J connectivity index is 1.04. The number of methoxy groups -OCH3 is 1. The summed E-state index contributed by atoms with van der Waals surface area (Å²) in [6.07, 6.45) is 5.23. The predicted molar refractivity (Wildman–Crippen MR) is 173 cm³/mol. The number of epoxide rings is 2. The molecule has 0 aromatic rings. The molecule has 7 atom stereocenters. The van der Waals surface area contributed by atoms with Gasteiger partial charge in [-0.3, -0.25) is 14.5 Å². The number of likely N-dealkylation sites (tertiary alicyclic amines) is 1. The molecular weight excluding hydrogens is 606 g/mol. The molecule has 4 heterocycles. The Kier molecular flexibility index (Phi) is 11.4. The first-order valence-corrected chi connectivity index (χ1v) is 17.5. The summed E-state index contributed by atoms with van der Waals surface area (Å²) in [6, 6.07) is -0.586. The number of hydrogen-bond acceptors (Lipinski definition) is 10. The van der Waals surface area contributed by atoms with E-state index in [0.29, 0.717) is 58.7 Å². The Labute approximate surface area is 279 Å². The Morgan fingerprint density at radius 1 is 1.02 bits per heavy atom. The van der Waals surface area contributed by atoms with E-state index in [1.54, 1.807) is 16.9 Å². The number of carbonyl (C=O) groups is 4. The largest absolute Gasteiger partial charge is 0.463 e.